The fourth-order valence-electron chi connectivity index (χ4n) is 4.56. The van der Waals surface area contributed by atoms with Crippen LogP contribution < -0.4 is 10.1 Å². The molecule has 2 aromatic rings. The number of anilines is 1. The van der Waals surface area contributed by atoms with Crippen molar-refractivity contribution in [3.05, 3.63) is 59.4 Å². The Bertz CT molecular complexity index is 1070. The van der Waals surface area contributed by atoms with Gasteiger partial charge in [0.1, 0.15) is 18.2 Å². The number of hydrogen-bond acceptors (Lipinski definition) is 5. The van der Waals surface area contributed by atoms with Gasteiger partial charge in [0.15, 0.2) is 0 Å². The second-order valence-corrected chi connectivity index (χ2v) is 10.1. The molecule has 0 unspecified atom stereocenters. The van der Waals surface area contributed by atoms with E-state index < -0.39 is 0 Å². The van der Waals surface area contributed by atoms with E-state index >= 15 is 0 Å². The molecule has 2 aliphatic rings. The topological polar surface area (TPSA) is 71.1 Å². The average Bonchev–Trinajstić information content (AvgIpc) is 3.71. The third-order valence-corrected chi connectivity index (χ3v) is 7.09. The molecule has 2 amide bonds. The van der Waals surface area contributed by atoms with E-state index in [1.165, 1.54) is 12.1 Å². The number of nitrogens with one attached hydrogen (secondary N) is 1. The minimum absolute atomic E-state index is 0.0110. The van der Waals surface area contributed by atoms with Crippen molar-refractivity contribution in [3.8, 4) is 5.75 Å². The molecule has 194 valence electrons. The van der Waals surface area contributed by atoms with Crippen molar-refractivity contribution in [2.24, 2.45) is 11.8 Å². The van der Waals surface area contributed by atoms with E-state index in [-0.39, 0.29) is 41.6 Å². The van der Waals surface area contributed by atoms with Crippen LogP contribution in [0.15, 0.2) is 42.5 Å². The summed E-state index contributed by atoms with van der Waals surface area (Å²) in [5, 5.41) is 2.92. The lowest BCUT2D eigenvalue weighted by molar-refractivity contribution is -0.117. The Labute approximate surface area is 212 Å². The monoisotopic (exact) mass is 497 g/mol. The molecule has 0 spiro atoms. The number of rotatable bonds is 5. The van der Waals surface area contributed by atoms with Crippen molar-refractivity contribution in [2.45, 2.75) is 45.4 Å². The summed E-state index contributed by atoms with van der Waals surface area (Å²) in [6, 6.07) is 11.8. The molecule has 2 aromatic carbocycles. The molecule has 0 radical (unpaired) electrons. The SMILES string of the molecule is CO[C@@H]1CN(C)C(=O)c2cc(NC(=O)C3CC3)ccc2OC[C@@H](C)N(Cc2ccc(F)cc2)C[C@@H]1C. The van der Waals surface area contributed by atoms with Gasteiger partial charge in [0, 0.05) is 51.4 Å². The molecular formula is C28H36FN3O4. The summed E-state index contributed by atoms with van der Waals surface area (Å²) >= 11 is 0. The molecule has 0 bridgehead atoms. The van der Waals surface area contributed by atoms with E-state index in [0.717, 1.165) is 24.9 Å². The Morgan fingerprint density at radius 3 is 2.53 bits per heavy atom. The molecule has 0 saturated heterocycles. The van der Waals surface area contributed by atoms with Crippen LogP contribution in [0.3, 0.4) is 0 Å². The van der Waals surface area contributed by atoms with E-state index in [4.69, 9.17) is 9.47 Å². The lowest BCUT2D eigenvalue weighted by Crippen LogP contribution is -2.46. The summed E-state index contributed by atoms with van der Waals surface area (Å²) in [5.74, 6) is 0.219. The maximum absolute atomic E-state index is 13.5. The molecule has 3 atom stereocenters. The second kappa shape index (κ2) is 11.4. The molecule has 1 aliphatic heterocycles. The molecule has 1 fully saturated rings. The van der Waals surface area contributed by atoms with E-state index in [2.05, 4.69) is 24.1 Å². The highest BCUT2D eigenvalue weighted by atomic mass is 19.1. The van der Waals surface area contributed by atoms with E-state index in [1.54, 1.807) is 49.4 Å². The molecule has 1 saturated carbocycles. The molecule has 1 aliphatic carbocycles. The van der Waals surface area contributed by atoms with Crippen LogP contribution in [-0.4, -0.2) is 67.6 Å². The van der Waals surface area contributed by atoms with E-state index in [0.29, 0.717) is 36.7 Å². The predicted octanol–water partition coefficient (Wildman–Crippen LogP) is 4.18. The zero-order valence-corrected chi connectivity index (χ0v) is 21.5. The summed E-state index contributed by atoms with van der Waals surface area (Å²) < 4.78 is 25.5. The standard InChI is InChI=1S/C28H36FN3O4/c1-18-14-32(15-20-5-9-22(29)10-6-20)19(2)17-36-25-12-11-23(30-27(33)21-7-8-21)13-24(25)28(34)31(3)16-26(18)35-4/h5-6,9-13,18-19,21,26H,7-8,14-17H2,1-4H3,(H,30,33)/t18-,19+,26+/m0/s1. The third-order valence-electron chi connectivity index (χ3n) is 7.09. The highest BCUT2D eigenvalue weighted by Crippen LogP contribution is 2.31. The maximum Gasteiger partial charge on any atom is 0.257 e. The van der Waals surface area contributed by atoms with Crippen LogP contribution in [0.25, 0.3) is 0 Å². The van der Waals surface area contributed by atoms with Crippen LogP contribution in [0.4, 0.5) is 10.1 Å². The Kier molecular flexibility index (Phi) is 8.26. The predicted molar refractivity (Wildman–Crippen MR) is 136 cm³/mol. The van der Waals surface area contributed by atoms with Gasteiger partial charge in [0.2, 0.25) is 5.91 Å². The van der Waals surface area contributed by atoms with Gasteiger partial charge in [-0.3, -0.25) is 14.5 Å². The smallest absolute Gasteiger partial charge is 0.257 e. The molecule has 1 heterocycles. The number of hydrogen-bond donors (Lipinski definition) is 1. The van der Waals surface area contributed by atoms with Crippen molar-refractivity contribution in [1.82, 2.24) is 9.80 Å². The first-order valence-corrected chi connectivity index (χ1v) is 12.6. The number of benzene rings is 2. The van der Waals surface area contributed by atoms with Gasteiger partial charge >= 0.3 is 0 Å². The van der Waals surface area contributed by atoms with Gasteiger partial charge in [-0.1, -0.05) is 19.1 Å². The number of amides is 2. The summed E-state index contributed by atoms with van der Waals surface area (Å²) in [6.45, 7) is 6.34. The second-order valence-electron chi connectivity index (χ2n) is 10.1. The number of carbonyl (C=O) groups is 2. The third kappa shape index (κ3) is 6.42. The molecule has 0 aromatic heterocycles. The van der Waals surface area contributed by atoms with Crippen LogP contribution in [0.5, 0.6) is 5.75 Å². The summed E-state index contributed by atoms with van der Waals surface area (Å²) in [7, 11) is 3.42. The van der Waals surface area contributed by atoms with Crippen molar-refractivity contribution in [1.29, 1.82) is 0 Å². The molecule has 7 nitrogen and oxygen atoms in total. The zero-order chi connectivity index (χ0) is 25.8. The van der Waals surface area contributed by atoms with Gasteiger partial charge in [-0.2, -0.15) is 0 Å². The van der Waals surface area contributed by atoms with Gasteiger partial charge in [-0.05, 0) is 61.6 Å². The Morgan fingerprint density at radius 1 is 1.14 bits per heavy atom. The van der Waals surface area contributed by atoms with Crippen LogP contribution in [-0.2, 0) is 16.1 Å². The van der Waals surface area contributed by atoms with Crippen LogP contribution in [0, 0.1) is 17.7 Å². The van der Waals surface area contributed by atoms with Crippen molar-refractivity contribution in [3.63, 3.8) is 0 Å². The van der Waals surface area contributed by atoms with Gasteiger partial charge in [-0.15, -0.1) is 0 Å². The summed E-state index contributed by atoms with van der Waals surface area (Å²) in [5.41, 5.74) is 2.01. The van der Waals surface area contributed by atoms with Crippen molar-refractivity contribution >= 4 is 17.5 Å². The fourth-order valence-corrected chi connectivity index (χ4v) is 4.56. The Morgan fingerprint density at radius 2 is 1.86 bits per heavy atom. The number of ether oxygens (including phenoxy) is 2. The number of carbonyl (C=O) groups excluding carboxylic acids is 2. The quantitative estimate of drug-likeness (QED) is 0.671. The minimum atomic E-state index is -0.256. The Balaban J connectivity index is 1.61. The van der Waals surface area contributed by atoms with E-state index in [9.17, 15) is 14.0 Å². The first-order chi connectivity index (χ1) is 17.2. The maximum atomic E-state index is 13.5. The minimum Gasteiger partial charge on any atom is -0.491 e. The highest BCUT2D eigenvalue weighted by molar-refractivity contribution is 6.00. The zero-order valence-electron chi connectivity index (χ0n) is 21.5. The fraction of sp³-hybridized carbons (Fsp3) is 0.500. The first kappa shape index (κ1) is 26.1. The number of nitrogens with zero attached hydrogens (tertiary/aromatic N) is 2. The molecule has 8 heteroatoms. The summed E-state index contributed by atoms with van der Waals surface area (Å²) in [4.78, 5) is 29.7. The van der Waals surface area contributed by atoms with Gasteiger partial charge in [-0.25, -0.2) is 4.39 Å². The van der Waals surface area contributed by atoms with Gasteiger partial charge in [0.05, 0.1) is 11.7 Å². The average molecular weight is 498 g/mol. The summed E-state index contributed by atoms with van der Waals surface area (Å²) in [6.07, 6.45) is 1.64. The van der Waals surface area contributed by atoms with Crippen LogP contribution in [0.2, 0.25) is 0 Å². The van der Waals surface area contributed by atoms with Crippen molar-refractivity contribution < 1.29 is 23.5 Å². The molecular weight excluding hydrogens is 461 g/mol. The van der Waals surface area contributed by atoms with Gasteiger partial charge in [0.25, 0.3) is 5.91 Å². The van der Waals surface area contributed by atoms with Gasteiger partial charge < -0.3 is 19.7 Å². The lowest BCUT2D eigenvalue weighted by Gasteiger charge is -2.36. The first-order valence-electron chi connectivity index (χ1n) is 12.6. The van der Waals surface area contributed by atoms with E-state index in [1.807, 2.05) is 0 Å². The Hall–Kier alpha value is -2.97. The number of fused-ring (bicyclic) bond motifs is 1. The molecule has 4 rings (SSSR count). The number of halogens is 1. The highest BCUT2D eigenvalue weighted by Gasteiger charge is 2.31. The normalized spacial score (nSPS) is 23.8. The lowest BCUT2D eigenvalue weighted by atomic mass is 10.0. The molecule has 36 heavy (non-hydrogen) atoms. The molecule has 1 N–H and O–H groups in total. The number of likely N-dealkylation sites (N-methyl/N-ethyl adjacent to an activating group) is 1. The van der Waals surface area contributed by atoms with Crippen LogP contribution in [0.1, 0.15) is 42.6 Å². The largest absolute Gasteiger partial charge is 0.491 e. The van der Waals surface area contributed by atoms with Crippen molar-refractivity contribution in [2.75, 3.05) is 39.2 Å². The van der Waals surface area contributed by atoms with Crippen LogP contribution >= 0.6 is 0 Å². The number of methoxy groups -OCH3 is 1.